The van der Waals surface area contributed by atoms with Crippen LogP contribution in [0.15, 0.2) is 36.4 Å². The van der Waals surface area contributed by atoms with Crippen LogP contribution in [0.2, 0.25) is 5.02 Å². The molecule has 0 heterocycles. The van der Waals surface area contributed by atoms with Crippen LogP contribution in [-0.2, 0) is 16.1 Å². The van der Waals surface area contributed by atoms with Crippen molar-refractivity contribution in [2.45, 2.75) is 26.5 Å². The number of benzene rings is 2. The van der Waals surface area contributed by atoms with Gasteiger partial charge in [-0.3, -0.25) is 14.9 Å². The van der Waals surface area contributed by atoms with Crippen LogP contribution >= 0.6 is 11.6 Å². The van der Waals surface area contributed by atoms with E-state index in [4.69, 9.17) is 25.8 Å². The van der Waals surface area contributed by atoms with Crippen LogP contribution in [-0.4, -0.2) is 36.6 Å². The van der Waals surface area contributed by atoms with Gasteiger partial charge < -0.3 is 19.5 Å². The molecule has 2 rings (SSSR count). The Balaban J connectivity index is 2.15. The largest absolute Gasteiger partial charge is 0.493 e. The smallest absolute Gasteiger partial charge is 0.346 e. The maximum absolute atomic E-state index is 12.5. The molecule has 0 saturated carbocycles. The van der Waals surface area contributed by atoms with Gasteiger partial charge in [-0.2, -0.15) is 0 Å². The van der Waals surface area contributed by atoms with E-state index in [-0.39, 0.29) is 30.2 Å². The average Bonchev–Trinajstić information content (AvgIpc) is 2.72. The number of nitro benzene ring substituents is 1. The highest BCUT2D eigenvalue weighted by atomic mass is 35.5. The first-order valence-corrected chi connectivity index (χ1v) is 9.37. The first-order valence-electron chi connectivity index (χ1n) is 8.99. The molecular formula is C20H21ClN2O7. The highest BCUT2D eigenvalue weighted by Gasteiger charge is 2.28. The average molecular weight is 437 g/mol. The molecule has 0 bridgehead atoms. The van der Waals surface area contributed by atoms with Crippen molar-refractivity contribution >= 4 is 29.2 Å². The molecule has 2 aromatic carbocycles. The molecule has 1 amide bonds. The van der Waals surface area contributed by atoms with Crippen molar-refractivity contribution in [1.29, 1.82) is 0 Å². The van der Waals surface area contributed by atoms with Crippen molar-refractivity contribution in [2.75, 3.05) is 13.7 Å². The molecule has 1 atom stereocenters. The SMILES string of the molecule is CCOc1cc(C(=O)OC(C)C(=O)NCc2ccccc2Cl)c([N+](=O)[O-])cc1OC. The second-order valence-corrected chi connectivity index (χ2v) is 6.47. The lowest BCUT2D eigenvalue weighted by Gasteiger charge is -2.15. The lowest BCUT2D eigenvalue weighted by Crippen LogP contribution is -2.35. The van der Waals surface area contributed by atoms with E-state index in [0.717, 1.165) is 12.1 Å². The minimum Gasteiger partial charge on any atom is -0.493 e. The van der Waals surface area contributed by atoms with E-state index in [1.54, 1.807) is 31.2 Å². The van der Waals surface area contributed by atoms with Gasteiger partial charge in [0.05, 0.1) is 24.7 Å². The zero-order valence-corrected chi connectivity index (χ0v) is 17.4. The van der Waals surface area contributed by atoms with Crippen molar-refractivity contribution < 1.29 is 28.7 Å². The number of carbonyl (C=O) groups excluding carboxylic acids is 2. The quantitative estimate of drug-likeness (QED) is 0.363. The number of methoxy groups -OCH3 is 1. The molecule has 0 aliphatic rings. The van der Waals surface area contributed by atoms with E-state index in [0.29, 0.717) is 10.6 Å². The summed E-state index contributed by atoms with van der Waals surface area (Å²) in [5, 5.41) is 14.5. The number of nitro groups is 1. The Morgan fingerprint density at radius 2 is 1.93 bits per heavy atom. The highest BCUT2D eigenvalue weighted by molar-refractivity contribution is 6.31. The molecule has 0 aromatic heterocycles. The molecule has 1 unspecified atom stereocenters. The van der Waals surface area contributed by atoms with Crippen LogP contribution in [0.1, 0.15) is 29.8 Å². The summed E-state index contributed by atoms with van der Waals surface area (Å²) in [6, 6.07) is 9.20. The Morgan fingerprint density at radius 3 is 2.53 bits per heavy atom. The zero-order chi connectivity index (χ0) is 22.3. The van der Waals surface area contributed by atoms with Gasteiger partial charge in [0, 0.05) is 17.6 Å². The Morgan fingerprint density at radius 1 is 1.23 bits per heavy atom. The van der Waals surface area contributed by atoms with E-state index in [1.807, 2.05) is 0 Å². The first-order chi connectivity index (χ1) is 14.3. The molecule has 0 spiro atoms. The lowest BCUT2D eigenvalue weighted by atomic mass is 10.1. The van der Waals surface area contributed by atoms with Gasteiger partial charge in [0.15, 0.2) is 17.6 Å². The van der Waals surface area contributed by atoms with Gasteiger partial charge in [-0.05, 0) is 25.5 Å². The van der Waals surface area contributed by atoms with Crippen LogP contribution in [0.25, 0.3) is 0 Å². The maximum Gasteiger partial charge on any atom is 0.346 e. The first kappa shape index (κ1) is 23.0. The van der Waals surface area contributed by atoms with Gasteiger partial charge in [0.1, 0.15) is 5.56 Å². The highest BCUT2D eigenvalue weighted by Crippen LogP contribution is 2.35. The minimum atomic E-state index is -1.20. The Labute approximate surface area is 178 Å². The molecular weight excluding hydrogens is 416 g/mol. The molecule has 30 heavy (non-hydrogen) atoms. The topological polar surface area (TPSA) is 117 Å². The molecule has 0 aliphatic carbocycles. The third-order valence-electron chi connectivity index (χ3n) is 4.06. The fourth-order valence-corrected chi connectivity index (χ4v) is 2.74. The fourth-order valence-electron chi connectivity index (χ4n) is 2.54. The number of hydrogen-bond acceptors (Lipinski definition) is 7. The predicted molar refractivity (Wildman–Crippen MR) is 109 cm³/mol. The molecule has 10 heteroatoms. The van der Waals surface area contributed by atoms with Crippen LogP contribution in [0.5, 0.6) is 11.5 Å². The van der Waals surface area contributed by atoms with Crippen LogP contribution in [0, 0.1) is 10.1 Å². The second kappa shape index (κ2) is 10.4. The number of halogens is 1. The number of amides is 1. The normalized spacial score (nSPS) is 11.3. The fraction of sp³-hybridized carbons (Fsp3) is 0.300. The van der Waals surface area contributed by atoms with E-state index in [9.17, 15) is 19.7 Å². The monoisotopic (exact) mass is 436 g/mol. The summed E-state index contributed by atoms with van der Waals surface area (Å²) >= 11 is 6.04. The van der Waals surface area contributed by atoms with Gasteiger partial charge in [-0.15, -0.1) is 0 Å². The molecule has 1 N–H and O–H groups in total. The van der Waals surface area contributed by atoms with E-state index in [2.05, 4.69) is 5.32 Å². The van der Waals surface area contributed by atoms with E-state index < -0.39 is 28.6 Å². The zero-order valence-electron chi connectivity index (χ0n) is 16.6. The summed E-state index contributed by atoms with van der Waals surface area (Å²) < 4.78 is 15.6. The summed E-state index contributed by atoms with van der Waals surface area (Å²) in [6.07, 6.45) is -1.20. The van der Waals surface area contributed by atoms with Gasteiger partial charge >= 0.3 is 5.97 Å². The van der Waals surface area contributed by atoms with Crippen LogP contribution in [0.3, 0.4) is 0 Å². The van der Waals surface area contributed by atoms with Crippen LogP contribution in [0.4, 0.5) is 5.69 Å². The summed E-state index contributed by atoms with van der Waals surface area (Å²) in [7, 11) is 1.32. The predicted octanol–water partition coefficient (Wildman–Crippen LogP) is 3.52. The Kier molecular flexibility index (Phi) is 7.99. The third-order valence-corrected chi connectivity index (χ3v) is 4.43. The van der Waals surface area contributed by atoms with Gasteiger partial charge in [0.25, 0.3) is 11.6 Å². The molecule has 160 valence electrons. The third kappa shape index (κ3) is 5.60. The molecule has 0 saturated heterocycles. The molecule has 9 nitrogen and oxygen atoms in total. The van der Waals surface area contributed by atoms with Crippen molar-refractivity contribution in [3.05, 3.63) is 62.7 Å². The summed E-state index contributed by atoms with van der Waals surface area (Å²) in [5.74, 6) is -1.37. The molecule has 0 aliphatic heterocycles. The summed E-state index contributed by atoms with van der Waals surface area (Å²) in [5.41, 5.74) is -0.183. The maximum atomic E-state index is 12.5. The number of ether oxygens (including phenoxy) is 3. The van der Waals surface area contributed by atoms with Gasteiger partial charge in [0.2, 0.25) is 0 Å². The lowest BCUT2D eigenvalue weighted by molar-refractivity contribution is -0.385. The molecule has 2 aromatic rings. The number of esters is 1. The Bertz CT molecular complexity index is 949. The van der Waals surface area contributed by atoms with Crippen LogP contribution < -0.4 is 14.8 Å². The number of nitrogens with one attached hydrogen (secondary N) is 1. The molecule has 0 radical (unpaired) electrons. The van der Waals surface area contributed by atoms with Crippen molar-refractivity contribution in [2.24, 2.45) is 0 Å². The second-order valence-electron chi connectivity index (χ2n) is 6.07. The van der Waals surface area contributed by atoms with Crippen molar-refractivity contribution in [3.8, 4) is 11.5 Å². The summed E-state index contributed by atoms with van der Waals surface area (Å²) in [4.78, 5) is 35.5. The number of hydrogen-bond donors (Lipinski definition) is 1. The summed E-state index contributed by atoms with van der Waals surface area (Å²) in [6.45, 7) is 3.46. The minimum absolute atomic E-state index is 0.102. The van der Waals surface area contributed by atoms with E-state index >= 15 is 0 Å². The standard InChI is InChI=1S/C20H21ClN2O7/c1-4-29-18-9-14(16(23(26)27)10-17(18)28-3)20(25)30-12(2)19(24)22-11-13-7-5-6-8-15(13)21/h5-10,12H,4,11H2,1-3H3,(H,22,24). The van der Waals surface area contributed by atoms with Gasteiger partial charge in [-0.1, -0.05) is 29.8 Å². The Hall–Kier alpha value is -3.33. The van der Waals surface area contributed by atoms with Crippen molar-refractivity contribution in [3.63, 3.8) is 0 Å². The van der Waals surface area contributed by atoms with E-state index in [1.165, 1.54) is 14.0 Å². The number of rotatable bonds is 9. The van der Waals surface area contributed by atoms with Crippen molar-refractivity contribution in [1.82, 2.24) is 5.32 Å². The van der Waals surface area contributed by atoms with Gasteiger partial charge in [-0.25, -0.2) is 4.79 Å². The number of carbonyl (C=O) groups is 2. The number of nitrogens with zero attached hydrogens (tertiary/aromatic N) is 1. The molecule has 0 fully saturated rings.